The standard InChI is InChI=1S/C24H21NO6/c1-15-3-2-4-21(20(15)13-26)31-14-16-5-7-18(8-6-16)23(28)25-22(24(29)30)17-9-11-19(27)12-10-17/h2-13,22,27H,14H2,1H3,(H,25,28)(H,29,30)/t22-/m0/s1. The van der Waals surface area contributed by atoms with Crippen LogP contribution in [0.3, 0.4) is 0 Å². The highest BCUT2D eigenvalue weighted by atomic mass is 16.5. The summed E-state index contributed by atoms with van der Waals surface area (Å²) in [5.41, 5.74) is 2.72. The van der Waals surface area contributed by atoms with E-state index in [9.17, 15) is 24.6 Å². The number of phenols is 1. The Kier molecular flexibility index (Phi) is 6.67. The molecule has 1 amide bonds. The van der Waals surface area contributed by atoms with Gasteiger partial charge < -0.3 is 20.3 Å². The molecule has 0 radical (unpaired) electrons. The topological polar surface area (TPSA) is 113 Å². The smallest absolute Gasteiger partial charge is 0.330 e. The molecule has 0 spiro atoms. The van der Waals surface area contributed by atoms with Gasteiger partial charge in [0.15, 0.2) is 12.3 Å². The lowest BCUT2D eigenvalue weighted by Crippen LogP contribution is -2.33. The summed E-state index contributed by atoms with van der Waals surface area (Å²) in [6, 6.07) is 16.2. The summed E-state index contributed by atoms with van der Waals surface area (Å²) in [6.07, 6.45) is 0.755. The van der Waals surface area contributed by atoms with Gasteiger partial charge in [-0.3, -0.25) is 9.59 Å². The number of hydrogen-bond acceptors (Lipinski definition) is 5. The van der Waals surface area contributed by atoms with E-state index in [4.69, 9.17) is 4.74 Å². The molecule has 0 saturated carbocycles. The maximum atomic E-state index is 12.5. The molecule has 3 N–H and O–H groups in total. The van der Waals surface area contributed by atoms with E-state index >= 15 is 0 Å². The molecule has 158 valence electrons. The largest absolute Gasteiger partial charge is 0.508 e. The van der Waals surface area contributed by atoms with Crippen LogP contribution in [-0.2, 0) is 11.4 Å². The van der Waals surface area contributed by atoms with Crippen molar-refractivity contribution in [2.24, 2.45) is 0 Å². The van der Waals surface area contributed by atoms with Crippen molar-refractivity contribution in [1.29, 1.82) is 0 Å². The van der Waals surface area contributed by atoms with E-state index in [1.165, 1.54) is 24.3 Å². The van der Waals surface area contributed by atoms with Gasteiger partial charge >= 0.3 is 5.97 Å². The second-order valence-corrected chi connectivity index (χ2v) is 6.93. The van der Waals surface area contributed by atoms with Gasteiger partial charge in [0.2, 0.25) is 0 Å². The number of carboxylic acid groups (broad SMARTS) is 1. The molecule has 7 nitrogen and oxygen atoms in total. The van der Waals surface area contributed by atoms with Crippen molar-refractivity contribution < 1.29 is 29.3 Å². The Morgan fingerprint density at radius 2 is 1.71 bits per heavy atom. The summed E-state index contributed by atoms with van der Waals surface area (Å²) in [7, 11) is 0. The molecule has 3 aromatic carbocycles. The molecular weight excluding hydrogens is 398 g/mol. The molecule has 1 atom stereocenters. The van der Waals surface area contributed by atoms with Gasteiger partial charge in [0.05, 0.1) is 5.56 Å². The van der Waals surface area contributed by atoms with E-state index in [-0.39, 0.29) is 17.9 Å². The number of ether oxygens (including phenoxy) is 1. The van der Waals surface area contributed by atoms with Crippen molar-refractivity contribution in [2.45, 2.75) is 19.6 Å². The van der Waals surface area contributed by atoms with Crippen molar-refractivity contribution in [3.63, 3.8) is 0 Å². The first-order valence-electron chi connectivity index (χ1n) is 9.48. The predicted octanol–water partition coefficient (Wildman–Crippen LogP) is 3.65. The number of carboxylic acids is 1. The number of aldehydes is 1. The molecule has 0 fully saturated rings. The summed E-state index contributed by atoms with van der Waals surface area (Å²) in [5.74, 6) is -1.28. The number of hydrogen-bond donors (Lipinski definition) is 3. The Morgan fingerprint density at radius 3 is 2.32 bits per heavy atom. The third-order valence-electron chi connectivity index (χ3n) is 4.76. The second kappa shape index (κ2) is 9.58. The van der Waals surface area contributed by atoms with Crippen LogP contribution in [0.15, 0.2) is 66.7 Å². The number of rotatable bonds is 8. The lowest BCUT2D eigenvalue weighted by molar-refractivity contribution is -0.139. The molecule has 0 aromatic heterocycles. The second-order valence-electron chi connectivity index (χ2n) is 6.93. The fraction of sp³-hybridized carbons (Fsp3) is 0.125. The molecule has 0 bridgehead atoms. The van der Waals surface area contributed by atoms with E-state index in [2.05, 4.69) is 5.32 Å². The maximum absolute atomic E-state index is 12.5. The van der Waals surface area contributed by atoms with Crippen LogP contribution in [0, 0.1) is 6.92 Å². The van der Waals surface area contributed by atoms with Gasteiger partial charge in [-0.2, -0.15) is 0 Å². The van der Waals surface area contributed by atoms with Crippen molar-refractivity contribution >= 4 is 18.2 Å². The third kappa shape index (κ3) is 5.27. The fourth-order valence-electron chi connectivity index (χ4n) is 3.01. The average molecular weight is 419 g/mol. The summed E-state index contributed by atoms with van der Waals surface area (Å²) >= 11 is 0. The highest BCUT2D eigenvalue weighted by Gasteiger charge is 2.22. The van der Waals surface area contributed by atoms with E-state index < -0.39 is 17.9 Å². The van der Waals surface area contributed by atoms with Crippen molar-refractivity contribution in [3.05, 3.63) is 94.5 Å². The lowest BCUT2D eigenvalue weighted by Gasteiger charge is -2.15. The van der Waals surface area contributed by atoms with Crippen LogP contribution in [-0.4, -0.2) is 28.4 Å². The van der Waals surface area contributed by atoms with E-state index in [0.29, 0.717) is 16.9 Å². The molecule has 0 heterocycles. The Labute approximate surface area is 178 Å². The Bertz CT molecular complexity index is 1090. The monoisotopic (exact) mass is 419 g/mol. The number of benzene rings is 3. The molecule has 0 aliphatic carbocycles. The number of aromatic hydroxyl groups is 1. The first-order valence-corrected chi connectivity index (χ1v) is 9.48. The zero-order valence-electron chi connectivity index (χ0n) is 16.7. The normalized spacial score (nSPS) is 11.4. The minimum absolute atomic E-state index is 0.00273. The lowest BCUT2D eigenvalue weighted by atomic mass is 10.1. The van der Waals surface area contributed by atoms with Crippen molar-refractivity contribution in [3.8, 4) is 11.5 Å². The number of phenolic OH excluding ortho intramolecular Hbond substituents is 1. The zero-order chi connectivity index (χ0) is 22.4. The summed E-state index contributed by atoms with van der Waals surface area (Å²) in [4.78, 5) is 35.4. The van der Waals surface area contributed by atoms with Gasteiger partial charge in [0.1, 0.15) is 18.1 Å². The Hall–Kier alpha value is -4.13. The highest BCUT2D eigenvalue weighted by molar-refractivity contribution is 5.96. The van der Waals surface area contributed by atoms with Crippen LogP contribution in [0.25, 0.3) is 0 Å². The van der Waals surface area contributed by atoms with Gasteiger partial charge in [-0.1, -0.05) is 36.4 Å². The number of amides is 1. The van der Waals surface area contributed by atoms with Gasteiger partial charge in [-0.05, 0) is 53.9 Å². The first kappa shape index (κ1) is 21.6. The highest BCUT2D eigenvalue weighted by Crippen LogP contribution is 2.22. The van der Waals surface area contributed by atoms with Crippen LogP contribution >= 0.6 is 0 Å². The molecule has 7 heteroatoms. The number of carbonyl (C=O) groups excluding carboxylic acids is 2. The number of aliphatic carboxylic acids is 1. The van der Waals surface area contributed by atoms with Crippen molar-refractivity contribution in [1.82, 2.24) is 5.32 Å². The van der Waals surface area contributed by atoms with Crippen LogP contribution < -0.4 is 10.1 Å². The predicted molar refractivity (Wildman–Crippen MR) is 113 cm³/mol. The van der Waals surface area contributed by atoms with Crippen LogP contribution in [0.4, 0.5) is 0 Å². The summed E-state index contributed by atoms with van der Waals surface area (Å²) in [6.45, 7) is 2.03. The summed E-state index contributed by atoms with van der Waals surface area (Å²) in [5, 5.41) is 21.3. The minimum Gasteiger partial charge on any atom is -0.508 e. The minimum atomic E-state index is -1.25. The molecule has 3 aromatic rings. The SMILES string of the molecule is Cc1cccc(OCc2ccc(C(=O)N[C@H](C(=O)O)c3ccc(O)cc3)cc2)c1C=O. The first-order chi connectivity index (χ1) is 14.9. The quantitative estimate of drug-likeness (QED) is 0.481. The van der Waals surface area contributed by atoms with Crippen molar-refractivity contribution in [2.75, 3.05) is 0 Å². The molecule has 3 rings (SSSR count). The fourth-order valence-corrected chi connectivity index (χ4v) is 3.01. The number of carbonyl (C=O) groups is 3. The van der Waals surface area contributed by atoms with Crippen LogP contribution in [0.1, 0.15) is 43.4 Å². The summed E-state index contributed by atoms with van der Waals surface area (Å²) < 4.78 is 5.73. The van der Waals surface area contributed by atoms with E-state index in [1.54, 1.807) is 36.4 Å². The van der Waals surface area contributed by atoms with Gasteiger partial charge in [-0.15, -0.1) is 0 Å². The van der Waals surface area contributed by atoms with Gasteiger partial charge in [-0.25, -0.2) is 4.79 Å². The van der Waals surface area contributed by atoms with Crippen LogP contribution in [0.5, 0.6) is 11.5 Å². The van der Waals surface area contributed by atoms with E-state index in [0.717, 1.165) is 17.4 Å². The van der Waals surface area contributed by atoms with Gasteiger partial charge in [0, 0.05) is 5.56 Å². The number of aryl methyl sites for hydroxylation is 1. The zero-order valence-corrected chi connectivity index (χ0v) is 16.7. The Balaban J connectivity index is 1.67. The van der Waals surface area contributed by atoms with Crippen LogP contribution in [0.2, 0.25) is 0 Å². The maximum Gasteiger partial charge on any atom is 0.330 e. The van der Waals surface area contributed by atoms with E-state index in [1.807, 2.05) is 13.0 Å². The Morgan fingerprint density at radius 1 is 1.03 bits per heavy atom. The third-order valence-corrected chi connectivity index (χ3v) is 4.76. The molecule has 0 aliphatic heterocycles. The molecule has 0 saturated heterocycles. The molecule has 31 heavy (non-hydrogen) atoms. The van der Waals surface area contributed by atoms with Gasteiger partial charge in [0.25, 0.3) is 5.91 Å². The molecule has 0 aliphatic rings. The average Bonchev–Trinajstić information content (AvgIpc) is 2.77. The molecule has 0 unspecified atom stereocenters. The number of nitrogens with one attached hydrogen (secondary N) is 1. The molecular formula is C24H21NO6.